The van der Waals surface area contributed by atoms with Crippen LogP contribution in [0.3, 0.4) is 0 Å². The predicted octanol–water partition coefficient (Wildman–Crippen LogP) is 3.88. The van der Waals surface area contributed by atoms with Crippen molar-refractivity contribution in [3.8, 4) is 17.2 Å². The number of para-hydroxylation sites is 1. The molecule has 0 aliphatic carbocycles. The number of hydrogen-bond donors (Lipinski definition) is 0. The molecule has 1 atom stereocenters. The topological polar surface area (TPSA) is 21.7 Å². The Balaban J connectivity index is 1.41. The van der Waals surface area contributed by atoms with Gasteiger partial charge in [-0.2, -0.15) is 0 Å². The summed E-state index contributed by atoms with van der Waals surface area (Å²) < 4.78 is 12.5. The summed E-state index contributed by atoms with van der Waals surface area (Å²) in [5.41, 5.74) is 1.32. The van der Waals surface area contributed by atoms with Crippen LogP contribution in [0.5, 0.6) is 17.2 Å². The summed E-state index contributed by atoms with van der Waals surface area (Å²) in [5.74, 6) is 3.54. The lowest BCUT2D eigenvalue weighted by atomic mass is 9.73. The van der Waals surface area contributed by atoms with Crippen LogP contribution in [0.25, 0.3) is 0 Å². The minimum Gasteiger partial charge on any atom is -0.485 e. The Morgan fingerprint density at radius 1 is 1.00 bits per heavy atom. The van der Waals surface area contributed by atoms with Crippen molar-refractivity contribution in [3.63, 3.8) is 0 Å². The van der Waals surface area contributed by atoms with E-state index in [0.717, 1.165) is 30.2 Å². The van der Waals surface area contributed by atoms with Gasteiger partial charge in [0.2, 0.25) is 0 Å². The standard InChI is InChI=1S/C20H21NO2/c1-2-4-17(5-3-1)22-18-6-7-19-15(12-18)13-20(23-19)14-21-10-8-16(20)9-11-21/h1-7,12,16H,8-11,13-14H2. The zero-order chi connectivity index (χ0) is 15.3. The first-order valence-corrected chi connectivity index (χ1v) is 8.58. The van der Waals surface area contributed by atoms with Gasteiger partial charge in [0.15, 0.2) is 0 Å². The maximum atomic E-state index is 6.48. The highest BCUT2D eigenvalue weighted by Crippen LogP contribution is 2.47. The lowest BCUT2D eigenvalue weighted by Crippen LogP contribution is -2.61. The summed E-state index contributed by atoms with van der Waals surface area (Å²) >= 11 is 0. The van der Waals surface area contributed by atoms with Gasteiger partial charge < -0.3 is 9.47 Å². The highest BCUT2D eigenvalue weighted by atomic mass is 16.5. The van der Waals surface area contributed by atoms with Crippen LogP contribution in [0.2, 0.25) is 0 Å². The molecule has 6 rings (SSSR count). The molecule has 1 spiro atoms. The number of rotatable bonds is 2. The summed E-state index contributed by atoms with van der Waals surface area (Å²) in [5, 5.41) is 0. The maximum Gasteiger partial charge on any atom is 0.129 e. The number of fused-ring (bicyclic) bond motifs is 3. The zero-order valence-corrected chi connectivity index (χ0v) is 13.2. The van der Waals surface area contributed by atoms with Crippen LogP contribution in [0.4, 0.5) is 0 Å². The fourth-order valence-electron chi connectivity index (χ4n) is 4.50. The van der Waals surface area contributed by atoms with E-state index in [9.17, 15) is 0 Å². The van der Waals surface area contributed by atoms with Crippen LogP contribution in [-0.2, 0) is 6.42 Å². The molecule has 1 unspecified atom stereocenters. The van der Waals surface area contributed by atoms with Gasteiger partial charge in [-0.15, -0.1) is 0 Å². The molecule has 3 nitrogen and oxygen atoms in total. The van der Waals surface area contributed by atoms with Gasteiger partial charge >= 0.3 is 0 Å². The smallest absolute Gasteiger partial charge is 0.129 e. The number of benzene rings is 2. The van der Waals surface area contributed by atoms with Gasteiger partial charge in [0.05, 0.1) is 0 Å². The van der Waals surface area contributed by atoms with Crippen LogP contribution in [0, 0.1) is 5.92 Å². The van der Waals surface area contributed by atoms with Crippen LogP contribution in [0.1, 0.15) is 18.4 Å². The highest BCUT2D eigenvalue weighted by Gasteiger charge is 2.51. The molecule has 2 bridgehead atoms. The quantitative estimate of drug-likeness (QED) is 0.840. The summed E-state index contributed by atoms with van der Waals surface area (Å²) in [6, 6.07) is 16.2. The summed E-state index contributed by atoms with van der Waals surface area (Å²) in [7, 11) is 0. The van der Waals surface area contributed by atoms with Crippen LogP contribution < -0.4 is 9.47 Å². The molecule has 3 heteroatoms. The molecule has 4 heterocycles. The second kappa shape index (κ2) is 5.00. The first-order chi connectivity index (χ1) is 11.3. The van der Waals surface area contributed by atoms with Crippen molar-refractivity contribution < 1.29 is 9.47 Å². The number of nitrogens with zero attached hydrogens (tertiary/aromatic N) is 1. The van der Waals surface area contributed by atoms with Gasteiger partial charge in [0.25, 0.3) is 0 Å². The normalized spacial score (nSPS) is 31.0. The van der Waals surface area contributed by atoms with E-state index >= 15 is 0 Å². The molecular formula is C20H21NO2. The first-order valence-electron chi connectivity index (χ1n) is 8.58. The van der Waals surface area contributed by atoms with Crippen LogP contribution in [0.15, 0.2) is 48.5 Å². The van der Waals surface area contributed by atoms with Crippen molar-refractivity contribution in [2.24, 2.45) is 5.92 Å². The second-order valence-electron chi connectivity index (χ2n) is 7.08. The lowest BCUT2D eigenvalue weighted by molar-refractivity contribution is -0.0798. The van der Waals surface area contributed by atoms with E-state index in [2.05, 4.69) is 17.0 Å². The fraction of sp³-hybridized carbons (Fsp3) is 0.400. The molecule has 3 saturated heterocycles. The highest BCUT2D eigenvalue weighted by molar-refractivity contribution is 5.46. The fourth-order valence-corrected chi connectivity index (χ4v) is 4.50. The number of piperidine rings is 3. The molecule has 3 fully saturated rings. The van der Waals surface area contributed by atoms with E-state index in [1.807, 2.05) is 36.4 Å². The summed E-state index contributed by atoms with van der Waals surface area (Å²) in [6.07, 6.45) is 3.58. The van der Waals surface area contributed by atoms with Gasteiger partial charge in [-0.3, -0.25) is 4.90 Å². The second-order valence-corrected chi connectivity index (χ2v) is 7.08. The maximum absolute atomic E-state index is 6.48. The minimum atomic E-state index is 0.0181. The SMILES string of the molecule is c1ccc(Oc2ccc3c(c2)CC2(CN4CCC2CC4)O3)cc1. The molecule has 118 valence electrons. The largest absolute Gasteiger partial charge is 0.485 e. The average molecular weight is 307 g/mol. The van der Waals surface area contributed by atoms with Gasteiger partial charge in [-0.05, 0) is 56.3 Å². The van der Waals surface area contributed by atoms with E-state index < -0.39 is 0 Å². The Morgan fingerprint density at radius 3 is 2.57 bits per heavy atom. The van der Waals surface area contributed by atoms with Crippen molar-refractivity contribution in [1.29, 1.82) is 0 Å². The molecule has 2 aromatic carbocycles. The van der Waals surface area contributed by atoms with E-state index in [1.54, 1.807) is 0 Å². The molecule has 4 aliphatic rings. The number of ether oxygens (including phenoxy) is 2. The monoisotopic (exact) mass is 307 g/mol. The van der Waals surface area contributed by atoms with Gasteiger partial charge in [-0.25, -0.2) is 0 Å². The molecule has 2 aromatic rings. The third kappa shape index (κ3) is 2.22. The van der Waals surface area contributed by atoms with Crippen molar-refractivity contribution in [3.05, 3.63) is 54.1 Å². The van der Waals surface area contributed by atoms with E-state index in [1.165, 1.54) is 31.5 Å². The molecule has 0 aromatic heterocycles. The average Bonchev–Trinajstić information content (AvgIpc) is 2.93. The Bertz CT molecular complexity index is 722. The molecule has 23 heavy (non-hydrogen) atoms. The zero-order valence-electron chi connectivity index (χ0n) is 13.2. The Kier molecular flexibility index (Phi) is 2.92. The number of hydrogen-bond acceptors (Lipinski definition) is 3. The van der Waals surface area contributed by atoms with Gasteiger partial charge in [0, 0.05) is 24.4 Å². The Labute approximate surface area is 136 Å². The summed E-state index contributed by atoms with van der Waals surface area (Å²) in [4.78, 5) is 2.56. The molecule has 0 N–H and O–H groups in total. The third-order valence-electron chi connectivity index (χ3n) is 5.64. The van der Waals surface area contributed by atoms with Crippen LogP contribution >= 0.6 is 0 Å². The molecule has 0 radical (unpaired) electrons. The Hall–Kier alpha value is -2.00. The minimum absolute atomic E-state index is 0.0181. The van der Waals surface area contributed by atoms with Crippen molar-refractivity contribution in [2.45, 2.75) is 24.9 Å². The predicted molar refractivity (Wildman–Crippen MR) is 89.2 cm³/mol. The first kappa shape index (κ1) is 13.4. The third-order valence-corrected chi connectivity index (χ3v) is 5.64. The van der Waals surface area contributed by atoms with Crippen LogP contribution in [-0.4, -0.2) is 30.1 Å². The van der Waals surface area contributed by atoms with Crippen molar-refractivity contribution >= 4 is 0 Å². The van der Waals surface area contributed by atoms with Crippen molar-refractivity contribution in [2.75, 3.05) is 19.6 Å². The molecule has 0 saturated carbocycles. The summed E-state index contributed by atoms with van der Waals surface area (Å²) in [6.45, 7) is 3.57. The van der Waals surface area contributed by atoms with Gasteiger partial charge in [-0.1, -0.05) is 18.2 Å². The van der Waals surface area contributed by atoms with Crippen molar-refractivity contribution in [1.82, 2.24) is 4.90 Å². The molecular weight excluding hydrogens is 286 g/mol. The van der Waals surface area contributed by atoms with E-state index in [-0.39, 0.29) is 5.60 Å². The lowest BCUT2D eigenvalue weighted by Gasteiger charge is -2.50. The molecule has 0 amide bonds. The Morgan fingerprint density at radius 2 is 1.83 bits per heavy atom. The van der Waals surface area contributed by atoms with E-state index in [0.29, 0.717) is 5.92 Å². The van der Waals surface area contributed by atoms with Gasteiger partial charge in [0.1, 0.15) is 22.8 Å². The van der Waals surface area contributed by atoms with E-state index in [4.69, 9.17) is 9.47 Å². The molecule has 4 aliphatic heterocycles.